The van der Waals surface area contributed by atoms with Crippen molar-refractivity contribution in [1.29, 1.82) is 0 Å². The summed E-state index contributed by atoms with van der Waals surface area (Å²) in [5.41, 5.74) is 1.02. The van der Waals surface area contributed by atoms with Crippen LogP contribution < -0.4 is 4.74 Å². The summed E-state index contributed by atoms with van der Waals surface area (Å²) in [5, 5.41) is 8.43. The standard InChI is InChI=1S/C18H24N4O3/c1-13-6-4-5-7-15(13)25-12-18(23)21-8-9-22-16(10-14(21)2)19-20-17(22)11-24-3/h4-7,14H,8-12H2,1-3H3. The molecule has 0 radical (unpaired) electrons. The first-order valence-corrected chi connectivity index (χ1v) is 8.48. The highest BCUT2D eigenvalue weighted by molar-refractivity contribution is 5.78. The second kappa shape index (κ2) is 7.65. The van der Waals surface area contributed by atoms with Gasteiger partial charge in [0.05, 0.1) is 0 Å². The van der Waals surface area contributed by atoms with Crippen LogP contribution in [0.1, 0.15) is 24.1 Å². The van der Waals surface area contributed by atoms with Crippen LogP contribution in [-0.2, 0) is 29.1 Å². The Balaban J connectivity index is 1.65. The van der Waals surface area contributed by atoms with Crippen molar-refractivity contribution in [2.45, 2.75) is 39.5 Å². The second-order valence-electron chi connectivity index (χ2n) is 6.31. The fourth-order valence-corrected chi connectivity index (χ4v) is 3.13. The Morgan fingerprint density at radius 3 is 2.84 bits per heavy atom. The summed E-state index contributed by atoms with van der Waals surface area (Å²) in [5.74, 6) is 2.44. The van der Waals surface area contributed by atoms with Gasteiger partial charge in [0.15, 0.2) is 12.4 Å². The minimum atomic E-state index is -0.0113. The molecule has 7 heteroatoms. The van der Waals surface area contributed by atoms with Crippen molar-refractivity contribution in [2.24, 2.45) is 0 Å². The molecule has 1 amide bonds. The molecule has 0 aliphatic carbocycles. The SMILES string of the molecule is COCc1nnc2n1CCN(C(=O)COc1ccccc1C)C(C)C2. The van der Waals surface area contributed by atoms with Crippen molar-refractivity contribution >= 4 is 5.91 Å². The van der Waals surface area contributed by atoms with E-state index in [0.717, 1.165) is 23.0 Å². The predicted octanol–water partition coefficient (Wildman–Crippen LogP) is 1.59. The van der Waals surface area contributed by atoms with E-state index in [1.165, 1.54) is 0 Å². The molecule has 0 fully saturated rings. The fraction of sp³-hybridized carbons (Fsp3) is 0.500. The van der Waals surface area contributed by atoms with Crippen LogP contribution >= 0.6 is 0 Å². The van der Waals surface area contributed by atoms with Crippen LogP contribution in [0.3, 0.4) is 0 Å². The fourth-order valence-electron chi connectivity index (χ4n) is 3.13. The average Bonchev–Trinajstić information content (AvgIpc) is 2.87. The molecule has 0 N–H and O–H groups in total. The molecule has 2 heterocycles. The van der Waals surface area contributed by atoms with Gasteiger partial charge >= 0.3 is 0 Å². The molecule has 134 valence electrons. The van der Waals surface area contributed by atoms with E-state index in [2.05, 4.69) is 14.8 Å². The molecule has 1 aliphatic rings. The van der Waals surface area contributed by atoms with E-state index >= 15 is 0 Å². The van der Waals surface area contributed by atoms with Gasteiger partial charge in [0, 0.05) is 32.7 Å². The minimum Gasteiger partial charge on any atom is -0.484 e. The van der Waals surface area contributed by atoms with Crippen molar-refractivity contribution in [1.82, 2.24) is 19.7 Å². The molecule has 2 aromatic rings. The predicted molar refractivity (Wildman–Crippen MR) is 92.3 cm³/mol. The largest absolute Gasteiger partial charge is 0.484 e. The Hall–Kier alpha value is -2.41. The third kappa shape index (κ3) is 3.82. The van der Waals surface area contributed by atoms with Crippen LogP contribution in [0.4, 0.5) is 0 Å². The lowest BCUT2D eigenvalue weighted by Gasteiger charge is -2.26. The molecule has 1 aromatic carbocycles. The van der Waals surface area contributed by atoms with Gasteiger partial charge in [-0.05, 0) is 25.5 Å². The first-order chi connectivity index (χ1) is 12.1. The molecule has 0 bridgehead atoms. The van der Waals surface area contributed by atoms with Gasteiger partial charge in [-0.1, -0.05) is 18.2 Å². The van der Waals surface area contributed by atoms with Gasteiger partial charge in [0.25, 0.3) is 5.91 Å². The number of hydrogen-bond donors (Lipinski definition) is 0. The zero-order chi connectivity index (χ0) is 17.8. The Morgan fingerprint density at radius 1 is 1.28 bits per heavy atom. The Labute approximate surface area is 147 Å². The number of para-hydroxylation sites is 1. The average molecular weight is 344 g/mol. The highest BCUT2D eigenvalue weighted by atomic mass is 16.5. The molecular weight excluding hydrogens is 320 g/mol. The number of nitrogens with zero attached hydrogens (tertiary/aromatic N) is 4. The van der Waals surface area contributed by atoms with Gasteiger partial charge in [-0.2, -0.15) is 0 Å². The molecule has 0 spiro atoms. The second-order valence-corrected chi connectivity index (χ2v) is 6.31. The summed E-state index contributed by atoms with van der Waals surface area (Å²) in [7, 11) is 1.64. The van der Waals surface area contributed by atoms with Crippen LogP contribution in [0.2, 0.25) is 0 Å². The highest BCUT2D eigenvalue weighted by Crippen LogP contribution is 2.18. The number of benzene rings is 1. The number of rotatable bonds is 5. The van der Waals surface area contributed by atoms with Gasteiger partial charge in [-0.15, -0.1) is 10.2 Å². The number of fused-ring (bicyclic) bond motifs is 1. The summed E-state index contributed by atoms with van der Waals surface area (Å²) in [6, 6.07) is 7.76. The number of aryl methyl sites for hydroxylation is 1. The van der Waals surface area contributed by atoms with E-state index in [9.17, 15) is 4.79 Å². The number of aromatic nitrogens is 3. The highest BCUT2D eigenvalue weighted by Gasteiger charge is 2.27. The van der Waals surface area contributed by atoms with Gasteiger partial charge in [-0.25, -0.2) is 0 Å². The van der Waals surface area contributed by atoms with E-state index in [4.69, 9.17) is 9.47 Å². The molecule has 0 saturated carbocycles. The molecule has 1 aliphatic heterocycles. The summed E-state index contributed by atoms with van der Waals surface area (Å²) < 4.78 is 12.9. The van der Waals surface area contributed by atoms with Crippen LogP contribution in [0.5, 0.6) is 5.75 Å². The summed E-state index contributed by atoms with van der Waals surface area (Å²) in [4.78, 5) is 14.5. The van der Waals surface area contributed by atoms with E-state index in [-0.39, 0.29) is 18.6 Å². The third-order valence-electron chi connectivity index (χ3n) is 4.52. The monoisotopic (exact) mass is 344 g/mol. The molecular formula is C18H24N4O3. The van der Waals surface area contributed by atoms with Crippen LogP contribution in [0.15, 0.2) is 24.3 Å². The summed E-state index contributed by atoms with van der Waals surface area (Å²) in [6.45, 7) is 5.75. The molecule has 7 nitrogen and oxygen atoms in total. The van der Waals surface area contributed by atoms with E-state index in [0.29, 0.717) is 26.1 Å². The number of ether oxygens (including phenoxy) is 2. The van der Waals surface area contributed by atoms with E-state index in [1.54, 1.807) is 7.11 Å². The topological polar surface area (TPSA) is 69.5 Å². The first kappa shape index (κ1) is 17.4. The number of carbonyl (C=O) groups excluding carboxylic acids is 1. The number of hydrogen-bond acceptors (Lipinski definition) is 5. The Kier molecular flexibility index (Phi) is 5.33. The maximum atomic E-state index is 12.7. The Bertz CT molecular complexity index is 744. The van der Waals surface area contributed by atoms with Gasteiger partial charge in [0.1, 0.15) is 18.2 Å². The number of methoxy groups -OCH3 is 1. The van der Waals surface area contributed by atoms with Crippen molar-refractivity contribution in [3.8, 4) is 5.75 Å². The maximum Gasteiger partial charge on any atom is 0.260 e. The van der Waals surface area contributed by atoms with Crippen LogP contribution in [-0.4, -0.2) is 51.9 Å². The number of carbonyl (C=O) groups is 1. The first-order valence-electron chi connectivity index (χ1n) is 8.48. The summed E-state index contributed by atoms with van der Waals surface area (Å²) >= 11 is 0. The van der Waals surface area contributed by atoms with Crippen molar-refractivity contribution in [3.63, 3.8) is 0 Å². The lowest BCUT2D eigenvalue weighted by atomic mass is 10.2. The lowest BCUT2D eigenvalue weighted by Crippen LogP contribution is -2.42. The zero-order valence-electron chi connectivity index (χ0n) is 14.9. The third-order valence-corrected chi connectivity index (χ3v) is 4.52. The van der Waals surface area contributed by atoms with E-state index < -0.39 is 0 Å². The quantitative estimate of drug-likeness (QED) is 0.824. The van der Waals surface area contributed by atoms with E-state index in [1.807, 2.05) is 43.0 Å². The zero-order valence-corrected chi connectivity index (χ0v) is 14.9. The maximum absolute atomic E-state index is 12.7. The van der Waals surface area contributed by atoms with Gasteiger partial charge in [-0.3, -0.25) is 4.79 Å². The summed E-state index contributed by atoms with van der Waals surface area (Å²) in [6.07, 6.45) is 0.673. The minimum absolute atomic E-state index is 0.0113. The molecule has 1 unspecified atom stereocenters. The van der Waals surface area contributed by atoms with Crippen molar-refractivity contribution in [2.75, 3.05) is 20.3 Å². The van der Waals surface area contributed by atoms with Gasteiger partial charge < -0.3 is 18.9 Å². The molecule has 0 saturated heterocycles. The number of amides is 1. The molecule has 1 aromatic heterocycles. The lowest BCUT2D eigenvalue weighted by molar-refractivity contribution is -0.135. The molecule has 3 rings (SSSR count). The molecule has 25 heavy (non-hydrogen) atoms. The van der Waals surface area contributed by atoms with Crippen molar-refractivity contribution < 1.29 is 14.3 Å². The van der Waals surface area contributed by atoms with Crippen LogP contribution in [0, 0.1) is 6.92 Å². The van der Waals surface area contributed by atoms with Gasteiger partial charge in [0.2, 0.25) is 0 Å². The van der Waals surface area contributed by atoms with Crippen LogP contribution in [0.25, 0.3) is 0 Å². The Morgan fingerprint density at radius 2 is 2.08 bits per heavy atom. The molecule has 1 atom stereocenters. The van der Waals surface area contributed by atoms with Crippen molar-refractivity contribution in [3.05, 3.63) is 41.5 Å². The normalized spacial score (nSPS) is 17.1. The smallest absolute Gasteiger partial charge is 0.260 e.